The van der Waals surface area contributed by atoms with Crippen molar-refractivity contribution in [2.24, 2.45) is 0 Å². The van der Waals surface area contributed by atoms with Gasteiger partial charge in [0.05, 0.1) is 5.41 Å². The van der Waals surface area contributed by atoms with E-state index in [1.807, 2.05) is 31.1 Å². The van der Waals surface area contributed by atoms with Gasteiger partial charge >= 0.3 is 5.97 Å². The van der Waals surface area contributed by atoms with Crippen molar-refractivity contribution in [1.82, 2.24) is 4.98 Å². The van der Waals surface area contributed by atoms with E-state index in [1.54, 1.807) is 6.20 Å². The van der Waals surface area contributed by atoms with Gasteiger partial charge in [-0.3, -0.25) is 4.79 Å². The zero-order valence-corrected chi connectivity index (χ0v) is 9.60. The predicted molar refractivity (Wildman–Crippen MR) is 61.7 cm³/mol. The molecule has 0 spiro atoms. The summed E-state index contributed by atoms with van der Waals surface area (Å²) in [5.74, 6) is 0.0412. The molecule has 4 heteroatoms. The van der Waals surface area contributed by atoms with Crippen LogP contribution >= 0.6 is 0 Å². The summed E-state index contributed by atoms with van der Waals surface area (Å²) in [6.45, 7) is 0. The minimum atomic E-state index is -0.727. The Labute approximate surface area is 94.9 Å². The monoisotopic (exact) mass is 220 g/mol. The molecule has 16 heavy (non-hydrogen) atoms. The Morgan fingerprint density at radius 1 is 1.50 bits per heavy atom. The topological polar surface area (TPSA) is 53.4 Å². The van der Waals surface area contributed by atoms with Crippen LogP contribution in [0.4, 0.5) is 5.82 Å². The van der Waals surface area contributed by atoms with Crippen molar-refractivity contribution in [3.63, 3.8) is 0 Å². The molecule has 1 aliphatic carbocycles. The summed E-state index contributed by atoms with van der Waals surface area (Å²) in [4.78, 5) is 17.6. The number of aliphatic carboxylic acids is 1. The third-order valence-corrected chi connectivity index (χ3v) is 3.34. The maximum absolute atomic E-state index is 11.4. The van der Waals surface area contributed by atoms with Gasteiger partial charge in [0.15, 0.2) is 0 Å². The fourth-order valence-corrected chi connectivity index (χ4v) is 2.26. The molecule has 0 aromatic carbocycles. The Kier molecular flexibility index (Phi) is 2.58. The molecular formula is C12H16N2O2. The Hall–Kier alpha value is -1.58. The number of carbonyl (C=O) groups is 1. The number of rotatable bonds is 3. The first-order valence-electron chi connectivity index (χ1n) is 5.44. The SMILES string of the molecule is CN(C)c1ncccc1C1(C(=O)O)CCC1. The molecule has 1 aliphatic rings. The molecule has 86 valence electrons. The maximum atomic E-state index is 11.4. The van der Waals surface area contributed by atoms with Crippen LogP contribution in [-0.4, -0.2) is 30.2 Å². The number of hydrogen-bond donors (Lipinski definition) is 1. The molecule has 1 N–H and O–H groups in total. The number of anilines is 1. The van der Waals surface area contributed by atoms with E-state index in [2.05, 4.69) is 4.98 Å². The second-order valence-electron chi connectivity index (χ2n) is 4.51. The van der Waals surface area contributed by atoms with Crippen molar-refractivity contribution >= 4 is 11.8 Å². The lowest BCUT2D eigenvalue weighted by Crippen LogP contribution is -2.43. The second-order valence-corrected chi connectivity index (χ2v) is 4.51. The number of aromatic nitrogens is 1. The minimum absolute atomic E-state index is 0.701. The number of pyridine rings is 1. The van der Waals surface area contributed by atoms with Crippen LogP contribution in [0.25, 0.3) is 0 Å². The molecule has 0 bridgehead atoms. The third kappa shape index (κ3) is 1.45. The standard InChI is InChI=1S/C12H16N2O2/c1-14(2)10-9(5-3-8-13-10)12(11(15)16)6-4-7-12/h3,5,8H,4,6-7H2,1-2H3,(H,15,16). The molecule has 2 rings (SSSR count). The van der Waals surface area contributed by atoms with Crippen molar-refractivity contribution in [2.75, 3.05) is 19.0 Å². The Morgan fingerprint density at radius 2 is 2.19 bits per heavy atom. The van der Waals surface area contributed by atoms with Crippen LogP contribution in [0.15, 0.2) is 18.3 Å². The van der Waals surface area contributed by atoms with Crippen LogP contribution in [0.5, 0.6) is 0 Å². The molecule has 4 nitrogen and oxygen atoms in total. The summed E-state index contributed by atoms with van der Waals surface area (Å²) >= 11 is 0. The Balaban J connectivity index is 2.50. The van der Waals surface area contributed by atoms with Crippen molar-refractivity contribution in [3.8, 4) is 0 Å². The summed E-state index contributed by atoms with van der Waals surface area (Å²) in [5, 5.41) is 9.40. The van der Waals surface area contributed by atoms with Crippen LogP contribution < -0.4 is 4.90 Å². The lowest BCUT2D eigenvalue weighted by atomic mass is 9.64. The molecule has 1 heterocycles. The molecule has 0 unspecified atom stereocenters. The van der Waals surface area contributed by atoms with Crippen LogP contribution in [-0.2, 0) is 10.2 Å². The maximum Gasteiger partial charge on any atom is 0.314 e. The largest absolute Gasteiger partial charge is 0.481 e. The van der Waals surface area contributed by atoms with Gasteiger partial charge in [0.1, 0.15) is 5.82 Å². The molecule has 0 aliphatic heterocycles. The normalized spacial score (nSPS) is 17.6. The van der Waals surface area contributed by atoms with E-state index < -0.39 is 11.4 Å². The van der Waals surface area contributed by atoms with Crippen molar-refractivity contribution in [1.29, 1.82) is 0 Å². The Morgan fingerprint density at radius 3 is 2.62 bits per heavy atom. The predicted octanol–water partition coefficient (Wildman–Crippen LogP) is 1.65. The van der Waals surface area contributed by atoms with E-state index in [-0.39, 0.29) is 0 Å². The van der Waals surface area contributed by atoms with Crippen molar-refractivity contribution < 1.29 is 9.90 Å². The van der Waals surface area contributed by atoms with Crippen LogP contribution in [0.1, 0.15) is 24.8 Å². The highest BCUT2D eigenvalue weighted by molar-refractivity contribution is 5.84. The van der Waals surface area contributed by atoms with Gasteiger partial charge in [0.2, 0.25) is 0 Å². The van der Waals surface area contributed by atoms with Gasteiger partial charge in [-0.05, 0) is 18.9 Å². The molecule has 1 aromatic rings. The van der Waals surface area contributed by atoms with Gasteiger partial charge in [0, 0.05) is 25.9 Å². The van der Waals surface area contributed by atoms with E-state index in [0.29, 0.717) is 0 Å². The average Bonchev–Trinajstić information content (AvgIpc) is 2.15. The molecular weight excluding hydrogens is 204 g/mol. The number of carboxylic acids is 1. The minimum Gasteiger partial charge on any atom is -0.481 e. The third-order valence-electron chi connectivity index (χ3n) is 3.34. The van der Waals surface area contributed by atoms with E-state index in [4.69, 9.17) is 0 Å². The molecule has 1 aromatic heterocycles. The number of carboxylic acid groups (broad SMARTS) is 1. The number of hydrogen-bond acceptors (Lipinski definition) is 3. The highest BCUT2D eigenvalue weighted by Gasteiger charge is 2.47. The van der Waals surface area contributed by atoms with Gasteiger partial charge in [0.25, 0.3) is 0 Å². The van der Waals surface area contributed by atoms with E-state index >= 15 is 0 Å². The summed E-state index contributed by atoms with van der Waals surface area (Å²) < 4.78 is 0. The highest BCUT2D eigenvalue weighted by Crippen LogP contribution is 2.46. The molecule has 0 amide bonds. The quantitative estimate of drug-likeness (QED) is 0.841. The first-order valence-corrected chi connectivity index (χ1v) is 5.44. The van der Waals surface area contributed by atoms with Crippen LogP contribution in [0.2, 0.25) is 0 Å². The summed E-state index contributed by atoms with van der Waals surface area (Å²) in [6, 6.07) is 3.70. The lowest BCUT2D eigenvalue weighted by molar-refractivity contribution is -0.147. The molecule has 1 saturated carbocycles. The summed E-state index contributed by atoms with van der Waals surface area (Å²) in [6.07, 6.45) is 4.12. The van der Waals surface area contributed by atoms with E-state index in [1.165, 1.54) is 0 Å². The van der Waals surface area contributed by atoms with Crippen molar-refractivity contribution in [2.45, 2.75) is 24.7 Å². The lowest BCUT2D eigenvalue weighted by Gasteiger charge is -2.39. The van der Waals surface area contributed by atoms with Gasteiger partial charge < -0.3 is 10.0 Å². The second kappa shape index (κ2) is 3.77. The van der Waals surface area contributed by atoms with E-state index in [0.717, 1.165) is 30.6 Å². The number of nitrogens with zero attached hydrogens (tertiary/aromatic N) is 2. The highest BCUT2D eigenvalue weighted by atomic mass is 16.4. The molecule has 0 radical (unpaired) electrons. The molecule has 0 saturated heterocycles. The van der Waals surface area contributed by atoms with Gasteiger partial charge in [-0.25, -0.2) is 4.98 Å². The zero-order chi connectivity index (χ0) is 11.8. The van der Waals surface area contributed by atoms with E-state index in [9.17, 15) is 9.90 Å². The van der Waals surface area contributed by atoms with Gasteiger partial charge in [-0.1, -0.05) is 12.5 Å². The summed E-state index contributed by atoms with van der Waals surface area (Å²) in [5.41, 5.74) is 0.146. The molecule has 1 fully saturated rings. The average molecular weight is 220 g/mol. The summed E-state index contributed by atoms with van der Waals surface area (Å²) in [7, 11) is 3.78. The van der Waals surface area contributed by atoms with Gasteiger partial charge in [-0.15, -0.1) is 0 Å². The first kappa shape index (κ1) is 10.9. The zero-order valence-electron chi connectivity index (χ0n) is 9.60. The first-order chi connectivity index (χ1) is 7.58. The van der Waals surface area contributed by atoms with Gasteiger partial charge in [-0.2, -0.15) is 0 Å². The smallest absolute Gasteiger partial charge is 0.314 e. The molecule has 0 atom stereocenters. The fourth-order valence-electron chi connectivity index (χ4n) is 2.26. The van der Waals surface area contributed by atoms with Crippen molar-refractivity contribution in [3.05, 3.63) is 23.9 Å². The fraction of sp³-hybridized carbons (Fsp3) is 0.500. The van der Waals surface area contributed by atoms with Crippen LogP contribution in [0, 0.1) is 0 Å². The Bertz CT molecular complexity index is 411. The van der Waals surface area contributed by atoms with Crippen LogP contribution in [0.3, 0.4) is 0 Å².